The fourth-order valence-electron chi connectivity index (χ4n) is 1.60. The van der Waals surface area contributed by atoms with Crippen LogP contribution in [0.2, 0.25) is 0 Å². The molecule has 1 aromatic rings. The van der Waals surface area contributed by atoms with E-state index in [9.17, 15) is 0 Å². The molecule has 1 unspecified atom stereocenters. The Morgan fingerprint density at radius 1 is 1.60 bits per heavy atom. The van der Waals surface area contributed by atoms with Crippen molar-refractivity contribution >= 4 is 0 Å². The van der Waals surface area contributed by atoms with Crippen LogP contribution in [0.4, 0.5) is 0 Å². The van der Waals surface area contributed by atoms with Crippen molar-refractivity contribution in [2.24, 2.45) is 0 Å². The van der Waals surface area contributed by atoms with E-state index in [4.69, 9.17) is 14.2 Å². The molecule has 0 aliphatic carbocycles. The molecule has 0 spiro atoms. The third-order valence-corrected chi connectivity index (χ3v) is 2.43. The molecule has 1 aliphatic rings. The zero-order chi connectivity index (χ0) is 10.5. The van der Waals surface area contributed by atoms with Crippen molar-refractivity contribution < 1.29 is 14.2 Å². The normalized spacial score (nSPS) is 20.2. The summed E-state index contributed by atoms with van der Waals surface area (Å²) >= 11 is 0. The third kappa shape index (κ3) is 2.86. The van der Waals surface area contributed by atoms with Crippen LogP contribution in [0.3, 0.4) is 0 Å². The first-order valence-corrected chi connectivity index (χ1v) is 5.18. The molecule has 15 heavy (non-hydrogen) atoms. The predicted molar refractivity (Wildman–Crippen MR) is 56.3 cm³/mol. The van der Waals surface area contributed by atoms with Gasteiger partial charge in [-0.1, -0.05) is 0 Å². The fraction of sp³-hybridized carbons (Fsp3) is 0.500. The van der Waals surface area contributed by atoms with Gasteiger partial charge in [0.05, 0.1) is 13.2 Å². The Morgan fingerprint density at radius 2 is 2.53 bits per heavy atom. The van der Waals surface area contributed by atoms with Crippen molar-refractivity contribution in [3.63, 3.8) is 0 Å². The van der Waals surface area contributed by atoms with E-state index < -0.39 is 0 Å². The Bertz CT molecular complexity index is 305. The Labute approximate surface area is 90.0 Å². The Hall–Kier alpha value is -1.22. The highest BCUT2D eigenvalue weighted by molar-refractivity contribution is 5.31. The van der Waals surface area contributed by atoms with Crippen LogP contribution in [0.25, 0.3) is 0 Å². The first-order chi connectivity index (χ1) is 7.38. The second kappa shape index (κ2) is 5.03. The molecule has 3 nitrogen and oxygen atoms in total. The average molecular weight is 207 g/mol. The number of rotatable bonds is 4. The number of ether oxygens (including phenoxy) is 3. The molecule has 0 aromatic heterocycles. The van der Waals surface area contributed by atoms with Crippen LogP contribution in [0.15, 0.2) is 18.2 Å². The van der Waals surface area contributed by atoms with Gasteiger partial charge in [-0.25, -0.2) is 0 Å². The quantitative estimate of drug-likeness (QED) is 0.756. The van der Waals surface area contributed by atoms with E-state index in [2.05, 4.69) is 6.07 Å². The largest absolute Gasteiger partial charge is 0.496 e. The van der Waals surface area contributed by atoms with Crippen LogP contribution < -0.4 is 9.47 Å². The lowest BCUT2D eigenvalue weighted by atomic mass is 10.2. The van der Waals surface area contributed by atoms with Crippen LogP contribution in [0.5, 0.6) is 11.5 Å². The van der Waals surface area contributed by atoms with Crippen molar-refractivity contribution in [2.45, 2.75) is 18.9 Å². The van der Waals surface area contributed by atoms with E-state index in [-0.39, 0.29) is 6.10 Å². The topological polar surface area (TPSA) is 27.7 Å². The maximum Gasteiger partial charge on any atom is 0.130 e. The van der Waals surface area contributed by atoms with Gasteiger partial charge in [0, 0.05) is 18.7 Å². The molecule has 81 valence electrons. The molecule has 2 rings (SSSR count). The van der Waals surface area contributed by atoms with Crippen molar-refractivity contribution in [1.82, 2.24) is 0 Å². The molecule has 0 amide bonds. The van der Waals surface area contributed by atoms with Crippen LogP contribution >= 0.6 is 0 Å². The minimum atomic E-state index is 0.250. The van der Waals surface area contributed by atoms with Crippen LogP contribution in [0, 0.1) is 6.07 Å². The van der Waals surface area contributed by atoms with Crippen molar-refractivity contribution in [3.8, 4) is 11.5 Å². The maximum absolute atomic E-state index is 5.61. The summed E-state index contributed by atoms with van der Waals surface area (Å²) in [5.74, 6) is 1.50. The number of methoxy groups -OCH3 is 1. The lowest BCUT2D eigenvalue weighted by Gasteiger charge is -2.11. The van der Waals surface area contributed by atoms with Gasteiger partial charge >= 0.3 is 0 Å². The Kier molecular flexibility index (Phi) is 3.45. The highest BCUT2D eigenvalue weighted by atomic mass is 16.5. The van der Waals surface area contributed by atoms with Gasteiger partial charge < -0.3 is 14.2 Å². The van der Waals surface area contributed by atoms with Gasteiger partial charge in [0.1, 0.15) is 18.1 Å². The second-order valence-corrected chi connectivity index (χ2v) is 3.54. The van der Waals surface area contributed by atoms with Gasteiger partial charge in [-0.15, -0.1) is 0 Å². The van der Waals surface area contributed by atoms with E-state index >= 15 is 0 Å². The lowest BCUT2D eigenvalue weighted by molar-refractivity contribution is 0.0679. The van der Waals surface area contributed by atoms with E-state index in [0.717, 1.165) is 25.2 Å². The molecule has 0 bridgehead atoms. The minimum Gasteiger partial charge on any atom is -0.496 e. The summed E-state index contributed by atoms with van der Waals surface area (Å²) in [6, 6.07) is 8.45. The number of benzene rings is 1. The first kappa shape index (κ1) is 10.3. The monoisotopic (exact) mass is 207 g/mol. The summed E-state index contributed by atoms with van der Waals surface area (Å²) in [5.41, 5.74) is 0. The molecular weight excluding hydrogens is 192 g/mol. The van der Waals surface area contributed by atoms with Crippen molar-refractivity contribution in [2.75, 3.05) is 20.3 Å². The fourth-order valence-corrected chi connectivity index (χ4v) is 1.60. The molecule has 1 aliphatic heterocycles. The van der Waals surface area contributed by atoms with Gasteiger partial charge in [-0.05, 0) is 25.0 Å². The van der Waals surface area contributed by atoms with Crippen LogP contribution in [0.1, 0.15) is 12.8 Å². The van der Waals surface area contributed by atoms with E-state index in [0.29, 0.717) is 12.4 Å². The summed E-state index contributed by atoms with van der Waals surface area (Å²) in [6.45, 7) is 1.48. The van der Waals surface area contributed by atoms with Crippen LogP contribution in [-0.4, -0.2) is 26.4 Å². The third-order valence-electron chi connectivity index (χ3n) is 2.43. The molecule has 1 aromatic carbocycles. The van der Waals surface area contributed by atoms with Crippen molar-refractivity contribution in [1.29, 1.82) is 0 Å². The van der Waals surface area contributed by atoms with E-state index in [1.54, 1.807) is 13.2 Å². The van der Waals surface area contributed by atoms with Gasteiger partial charge in [0.2, 0.25) is 0 Å². The Balaban J connectivity index is 1.86. The van der Waals surface area contributed by atoms with Gasteiger partial charge in [-0.3, -0.25) is 0 Å². The molecule has 1 fully saturated rings. The van der Waals surface area contributed by atoms with E-state index in [1.165, 1.54) is 0 Å². The molecule has 1 radical (unpaired) electrons. The highest BCUT2D eigenvalue weighted by Crippen LogP contribution is 2.20. The smallest absolute Gasteiger partial charge is 0.130 e. The average Bonchev–Trinajstić information content (AvgIpc) is 2.79. The molecule has 1 heterocycles. The summed E-state index contributed by atoms with van der Waals surface area (Å²) in [7, 11) is 1.62. The predicted octanol–water partition coefficient (Wildman–Crippen LogP) is 2.05. The highest BCUT2D eigenvalue weighted by Gasteiger charge is 2.15. The first-order valence-electron chi connectivity index (χ1n) is 5.18. The zero-order valence-corrected chi connectivity index (χ0v) is 8.86. The lowest BCUT2D eigenvalue weighted by Crippen LogP contribution is -2.16. The SMILES string of the molecule is COc1[c]ccc(OCC2CCCO2)c1. The zero-order valence-electron chi connectivity index (χ0n) is 8.86. The molecule has 1 atom stereocenters. The molecule has 1 saturated heterocycles. The molecule has 3 heteroatoms. The molecule has 0 N–H and O–H groups in total. The van der Waals surface area contributed by atoms with Gasteiger partial charge in [0.25, 0.3) is 0 Å². The molecule has 0 saturated carbocycles. The second-order valence-electron chi connectivity index (χ2n) is 3.54. The van der Waals surface area contributed by atoms with Crippen molar-refractivity contribution in [3.05, 3.63) is 24.3 Å². The summed E-state index contributed by atoms with van der Waals surface area (Å²) in [5, 5.41) is 0. The minimum absolute atomic E-state index is 0.250. The standard InChI is InChI=1S/C12H15O3/c1-13-10-4-2-5-11(8-10)15-9-12-6-3-7-14-12/h2,5,8,12H,3,6-7,9H2,1H3. The van der Waals surface area contributed by atoms with E-state index in [1.807, 2.05) is 12.1 Å². The van der Waals surface area contributed by atoms with Crippen LogP contribution in [-0.2, 0) is 4.74 Å². The Morgan fingerprint density at radius 3 is 3.27 bits per heavy atom. The number of hydrogen-bond donors (Lipinski definition) is 0. The van der Waals surface area contributed by atoms with Gasteiger partial charge in [0.15, 0.2) is 0 Å². The maximum atomic E-state index is 5.61. The van der Waals surface area contributed by atoms with Gasteiger partial charge in [-0.2, -0.15) is 0 Å². The summed E-state index contributed by atoms with van der Waals surface area (Å²) in [4.78, 5) is 0. The molecular formula is C12H15O3. The summed E-state index contributed by atoms with van der Waals surface area (Å²) in [6.07, 6.45) is 2.48. The number of hydrogen-bond acceptors (Lipinski definition) is 3. The summed E-state index contributed by atoms with van der Waals surface area (Å²) < 4.78 is 16.1.